The molecule has 0 unspecified atom stereocenters. The normalized spacial score (nSPS) is 10.6. The molecular formula is C22H22N2O3S2. The van der Waals surface area contributed by atoms with Gasteiger partial charge in [0.1, 0.15) is 0 Å². The largest absolute Gasteiger partial charge is 0.452 e. The van der Waals surface area contributed by atoms with Crippen molar-refractivity contribution >= 4 is 40.7 Å². The number of hydrogen-bond acceptors (Lipinski definition) is 6. The van der Waals surface area contributed by atoms with Crippen molar-refractivity contribution in [2.24, 2.45) is 0 Å². The summed E-state index contributed by atoms with van der Waals surface area (Å²) in [5.74, 6) is -0.0976. The number of thiazole rings is 1. The van der Waals surface area contributed by atoms with E-state index in [2.05, 4.69) is 15.7 Å². The van der Waals surface area contributed by atoms with E-state index < -0.39 is 5.97 Å². The van der Waals surface area contributed by atoms with Gasteiger partial charge in [-0.2, -0.15) is 0 Å². The van der Waals surface area contributed by atoms with Crippen LogP contribution in [0.25, 0.3) is 0 Å². The van der Waals surface area contributed by atoms with Gasteiger partial charge in [0.25, 0.3) is 5.91 Å². The maximum atomic E-state index is 12.2. The van der Waals surface area contributed by atoms with E-state index in [9.17, 15) is 9.59 Å². The molecule has 3 aromatic rings. The molecule has 1 amide bonds. The van der Waals surface area contributed by atoms with Crippen LogP contribution in [0.3, 0.4) is 0 Å². The van der Waals surface area contributed by atoms with Crippen LogP contribution in [-0.2, 0) is 21.7 Å². The van der Waals surface area contributed by atoms with Gasteiger partial charge in [-0.05, 0) is 55.3 Å². The van der Waals surface area contributed by atoms with Crippen molar-refractivity contribution in [3.8, 4) is 0 Å². The number of amides is 1. The lowest BCUT2D eigenvalue weighted by Crippen LogP contribution is -2.21. The Bertz CT molecular complexity index is 984. The lowest BCUT2D eigenvalue weighted by molar-refractivity contribution is -0.119. The van der Waals surface area contributed by atoms with Crippen molar-refractivity contribution in [1.29, 1.82) is 0 Å². The minimum Gasteiger partial charge on any atom is -0.452 e. The number of thioether (sulfide) groups is 1. The summed E-state index contributed by atoms with van der Waals surface area (Å²) < 4.78 is 5.12. The van der Waals surface area contributed by atoms with E-state index in [0.717, 1.165) is 33.3 Å². The minimum atomic E-state index is -0.519. The van der Waals surface area contributed by atoms with Crippen LogP contribution in [0.5, 0.6) is 0 Å². The van der Waals surface area contributed by atoms with Crippen LogP contribution < -0.4 is 5.32 Å². The average molecular weight is 427 g/mol. The zero-order valence-electron chi connectivity index (χ0n) is 16.3. The van der Waals surface area contributed by atoms with Gasteiger partial charge in [-0.3, -0.25) is 4.79 Å². The van der Waals surface area contributed by atoms with E-state index in [4.69, 9.17) is 4.74 Å². The lowest BCUT2D eigenvalue weighted by Gasteiger charge is -2.08. The number of nitrogens with one attached hydrogen (secondary N) is 1. The Balaban J connectivity index is 1.46. The molecule has 0 saturated carbocycles. The standard InChI is InChI=1S/C22H22N2O3S2/c1-3-16-5-4-6-18(11-16)24-21(25)12-27-22(26)17-7-9-20(10-8-17)29-14-19-13-28-15(2)23-19/h4-11,13H,3,12,14H2,1-2H3,(H,24,25). The molecule has 1 heterocycles. The zero-order valence-corrected chi connectivity index (χ0v) is 17.9. The van der Waals surface area contributed by atoms with Gasteiger partial charge in [0, 0.05) is 21.7 Å². The molecular weight excluding hydrogens is 404 g/mol. The summed E-state index contributed by atoms with van der Waals surface area (Å²) in [5.41, 5.74) is 3.29. The molecule has 0 aliphatic carbocycles. The van der Waals surface area contributed by atoms with Crippen molar-refractivity contribution in [2.75, 3.05) is 11.9 Å². The van der Waals surface area contributed by atoms with E-state index in [0.29, 0.717) is 11.3 Å². The van der Waals surface area contributed by atoms with E-state index in [1.807, 2.05) is 50.2 Å². The number of carbonyl (C=O) groups excluding carboxylic acids is 2. The predicted molar refractivity (Wildman–Crippen MR) is 118 cm³/mol. The number of esters is 1. The number of aryl methyl sites for hydroxylation is 2. The van der Waals surface area contributed by atoms with E-state index in [1.165, 1.54) is 0 Å². The third-order valence-corrected chi connectivity index (χ3v) is 5.96. The molecule has 0 spiro atoms. The summed E-state index contributed by atoms with van der Waals surface area (Å²) in [5, 5.41) is 5.85. The zero-order chi connectivity index (χ0) is 20.6. The Kier molecular flexibility index (Phi) is 7.43. The monoisotopic (exact) mass is 426 g/mol. The quantitative estimate of drug-likeness (QED) is 0.401. The summed E-state index contributed by atoms with van der Waals surface area (Å²) in [6, 6.07) is 14.8. The minimum absolute atomic E-state index is 0.325. The SMILES string of the molecule is CCc1cccc(NC(=O)COC(=O)c2ccc(SCc3csc(C)n3)cc2)c1. The second-order valence-electron chi connectivity index (χ2n) is 6.35. The second-order valence-corrected chi connectivity index (χ2v) is 8.46. The van der Waals surface area contributed by atoms with Crippen LogP contribution in [-0.4, -0.2) is 23.5 Å². The first-order valence-electron chi connectivity index (χ1n) is 9.23. The molecule has 0 saturated heterocycles. The molecule has 5 nitrogen and oxygen atoms in total. The number of nitrogens with zero attached hydrogens (tertiary/aromatic N) is 1. The molecule has 0 radical (unpaired) electrons. The van der Waals surface area contributed by atoms with Crippen LogP contribution in [0.1, 0.15) is 33.5 Å². The molecule has 3 rings (SSSR count). The number of anilines is 1. The smallest absolute Gasteiger partial charge is 0.338 e. The predicted octanol–water partition coefficient (Wildman–Crippen LogP) is 5.10. The molecule has 0 fully saturated rings. The number of rotatable bonds is 8. The summed E-state index contributed by atoms with van der Waals surface area (Å²) in [4.78, 5) is 29.7. The fourth-order valence-corrected chi connectivity index (χ4v) is 4.11. The van der Waals surface area contributed by atoms with Gasteiger partial charge in [-0.15, -0.1) is 23.1 Å². The summed E-state index contributed by atoms with van der Waals surface area (Å²) in [7, 11) is 0. The number of benzene rings is 2. The lowest BCUT2D eigenvalue weighted by atomic mass is 10.1. The molecule has 0 aliphatic heterocycles. The number of hydrogen-bond donors (Lipinski definition) is 1. The number of aromatic nitrogens is 1. The van der Waals surface area contributed by atoms with Crippen LogP contribution >= 0.6 is 23.1 Å². The molecule has 1 N–H and O–H groups in total. The van der Waals surface area contributed by atoms with Crippen molar-refractivity contribution < 1.29 is 14.3 Å². The van der Waals surface area contributed by atoms with Gasteiger partial charge in [-0.25, -0.2) is 9.78 Å². The van der Waals surface area contributed by atoms with Gasteiger partial charge < -0.3 is 10.1 Å². The number of ether oxygens (including phenoxy) is 1. The van der Waals surface area contributed by atoms with Gasteiger partial charge in [0.2, 0.25) is 0 Å². The summed E-state index contributed by atoms with van der Waals surface area (Å²) in [6.45, 7) is 3.71. The van der Waals surface area contributed by atoms with Crippen molar-refractivity contribution in [1.82, 2.24) is 4.98 Å². The van der Waals surface area contributed by atoms with Crippen LogP contribution in [0, 0.1) is 6.92 Å². The van der Waals surface area contributed by atoms with E-state index in [1.54, 1.807) is 35.2 Å². The highest BCUT2D eigenvalue weighted by atomic mass is 32.2. The molecule has 29 heavy (non-hydrogen) atoms. The van der Waals surface area contributed by atoms with Crippen LogP contribution in [0.15, 0.2) is 58.8 Å². The molecule has 0 aliphatic rings. The van der Waals surface area contributed by atoms with Gasteiger partial charge in [0.05, 0.1) is 16.3 Å². The Labute approximate surface area is 178 Å². The van der Waals surface area contributed by atoms with Gasteiger partial charge in [-0.1, -0.05) is 19.1 Å². The summed E-state index contributed by atoms with van der Waals surface area (Å²) >= 11 is 3.30. The van der Waals surface area contributed by atoms with Crippen LogP contribution in [0.4, 0.5) is 5.69 Å². The molecule has 2 aromatic carbocycles. The molecule has 150 valence electrons. The highest BCUT2D eigenvalue weighted by molar-refractivity contribution is 7.98. The topological polar surface area (TPSA) is 68.3 Å². The third kappa shape index (κ3) is 6.44. The molecule has 0 atom stereocenters. The Morgan fingerprint density at radius 2 is 1.97 bits per heavy atom. The highest BCUT2D eigenvalue weighted by Gasteiger charge is 2.11. The summed E-state index contributed by atoms with van der Waals surface area (Å²) in [6.07, 6.45) is 0.885. The second kappa shape index (κ2) is 10.2. The van der Waals surface area contributed by atoms with Crippen molar-refractivity contribution in [2.45, 2.75) is 30.9 Å². The van der Waals surface area contributed by atoms with Gasteiger partial charge in [0.15, 0.2) is 6.61 Å². The Morgan fingerprint density at radius 3 is 2.66 bits per heavy atom. The Hall–Kier alpha value is -2.64. The van der Waals surface area contributed by atoms with Gasteiger partial charge >= 0.3 is 5.97 Å². The van der Waals surface area contributed by atoms with Crippen LogP contribution in [0.2, 0.25) is 0 Å². The molecule has 7 heteroatoms. The first-order valence-corrected chi connectivity index (χ1v) is 11.1. The Morgan fingerprint density at radius 1 is 1.17 bits per heavy atom. The third-order valence-electron chi connectivity index (χ3n) is 4.10. The van der Waals surface area contributed by atoms with Crippen molar-refractivity contribution in [3.05, 3.63) is 75.7 Å². The first kappa shape index (κ1) is 21.1. The highest BCUT2D eigenvalue weighted by Crippen LogP contribution is 2.24. The molecule has 0 bridgehead atoms. The van der Waals surface area contributed by atoms with E-state index in [-0.39, 0.29) is 12.5 Å². The van der Waals surface area contributed by atoms with Crippen molar-refractivity contribution in [3.63, 3.8) is 0 Å². The fourth-order valence-electron chi connectivity index (χ4n) is 2.60. The average Bonchev–Trinajstić information content (AvgIpc) is 3.16. The maximum Gasteiger partial charge on any atom is 0.338 e. The van der Waals surface area contributed by atoms with E-state index >= 15 is 0 Å². The molecule has 1 aromatic heterocycles. The maximum absolute atomic E-state index is 12.2. The fraction of sp³-hybridized carbons (Fsp3) is 0.227. The first-order chi connectivity index (χ1) is 14.0. The number of carbonyl (C=O) groups is 2.